The van der Waals surface area contributed by atoms with Gasteiger partial charge in [-0.05, 0) is 37.5 Å². The van der Waals surface area contributed by atoms with Crippen LogP contribution in [0, 0.1) is 12.8 Å². The molecular weight excluding hydrogens is 352 g/mol. The van der Waals surface area contributed by atoms with Crippen LogP contribution in [-0.2, 0) is 4.79 Å². The van der Waals surface area contributed by atoms with E-state index in [9.17, 15) is 4.79 Å². The van der Waals surface area contributed by atoms with E-state index in [1.807, 2.05) is 48.2 Å². The van der Waals surface area contributed by atoms with Crippen LogP contribution in [0.2, 0.25) is 0 Å². The van der Waals surface area contributed by atoms with Gasteiger partial charge in [-0.15, -0.1) is 0 Å². The lowest BCUT2D eigenvalue weighted by molar-refractivity contribution is -0.117. The summed E-state index contributed by atoms with van der Waals surface area (Å²) in [5.41, 5.74) is 3.78. The molecular formula is C21H20N6O. The summed E-state index contributed by atoms with van der Waals surface area (Å²) in [4.78, 5) is 25.8. The number of hydrogen-bond acceptors (Lipinski definition) is 5. The van der Waals surface area contributed by atoms with Gasteiger partial charge in [-0.25, -0.2) is 15.0 Å². The van der Waals surface area contributed by atoms with Crippen LogP contribution in [0.1, 0.15) is 18.4 Å². The predicted molar refractivity (Wildman–Crippen MR) is 109 cm³/mol. The minimum absolute atomic E-state index is 0.0412. The number of carbonyl (C=O) groups is 1. The van der Waals surface area contributed by atoms with Gasteiger partial charge >= 0.3 is 0 Å². The second-order valence-corrected chi connectivity index (χ2v) is 7.25. The van der Waals surface area contributed by atoms with Crippen molar-refractivity contribution in [1.82, 2.24) is 19.4 Å². The predicted octanol–water partition coefficient (Wildman–Crippen LogP) is 3.64. The van der Waals surface area contributed by atoms with Crippen LogP contribution in [-0.4, -0.2) is 32.3 Å². The van der Waals surface area contributed by atoms with E-state index in [0.29, 0.717) is 5.82 Å². The molecule has 1 fully saturated rings. The summed E-state index contributed by atoms with van der Waals surface area (Å²) in [5, 5.41) is 7.87. The number of nitrogens with one attached hydrogen (secondary N) is 2. The molecule has 1 amide bonds. The van der Waals surface area contributed by atoms with Crippen molar-refractivity contribution in [3.63, 3.8) is 0 Å². The first-order chi connectivity index (χ1) is 13.6. The summed E-state index contributed by atoms with van der Waals surface area (Å²) in [7, 11) is 1.83. The summed E-state index contributed by atoms with van der Waals surface area (Å²) >= 11 is 0. The Balaban J connectivity index is 1.66. The Kier molecular flexibility index (Phi) is 3.75. The molecule has 0 radical (unpaired) electrons. The van der Waals surface area contributed by atoms with Crippen LogP contribution < -0.4 is 10.6 Å². The molecule has 7 heteroatoms. The molecule has 2 N–H and O–H groups in total. The number of amides is 1. The molecule has 0 aromatic carbocycles. The summed E-state index contributed by atoms with van der Waals surface area (Å²) in [6.45, 7) is 2.05. The quantitative estimate of drug-likeness (QED) is 0.571. The van der Waals surface area contributed by atoms with E-state index in [1.165, 1.54) is 5.56 Å². The highest BCUT2D eigenvalue weighted by Crippen LogP contribution is 2.33. The molecule has 0 spiro atoms. The van der Waals surface area contributed by atoms with Crippen molar-refractivity contribution in [2.24, 2.45) is 5.92 Å². The van der Waals surface area contributed by atoms with Crippen LogP contribution in [0.15, 0.2) is 43.0 Å². The number of carbonyl (C=O) groups excluding carboxylic acids is 1. The third-order valence-corrected chi connectivity index (χ3v) is 5.08. The lowest BCUT2D eigenvalue weighted by Gasteiger charge is -2.10. The number of aryl methyl sites for hydroxylation is 1. The molecule has 0 saturated heterocycles. The third-order valence-electron chi connectivity index (χ3n) is 5.08. The average molecular weight is 372 g/mol. The zero-order valence-electron chi connectivity index (χ0n) is 15.7. The molecule has 5 rings (SSSR count). The lowest BCUT2D eigenvalue weighted by Crippen LogP contribution is -2.14. The number of nitrogens with zero attached hydrogens (tertiary/aromatic N) is 4. The van der Waals surface area contributed by atoms with E-state index >= 15 is 0 Å². The molecule has 0 unspecified atom stereocenters. The maximum atomic E-state index is 12.1. The van der Waals surface area contributed by atoms with Crippen LogP contribution in [0.4, 0.5) is 11.6 Å². The smallest absolute Gasteiger partial charge is 0.228 e. The van der Waals surface area contributed by atoms with Crippen LogP contribution in [0.5, 0.6) is 0 Å². The van der Waals surface area contributed by atoms with Gasteiger partial charge in [0.25, 0.3) is 0 Å². The van der Waals surface area contributed by atoms with E-state index < -0.39 is 0 Å². The second kappa shape index (κ2) is 6.30. The van der Waals surface area contributed by atoms with E-state index in [4.69, 9.17) is 4.98 Å². The zero-order chi connectivity index (χ0) is 19.3. The Labute approximate surface area is 161 Å². The number of pyridine rings is 3. The standard InChI is InChI=1S/C21H20N6O/c1-12-3-6-19-25-17(11-27(19)10-12)15-8-24-20(22-2)16-9-23-18(7-14(15)16)26-21(28)13-4-5-13/h3,6-11,13H,4-5H2,1-2H3,(H,22,24)(H,23,26,28). The summed E-state index contributed by atoms with van der Waals surface area (Å²) in [5.74, 6) is 1.47. The van der Waals surface area contributed by atoms with Crippen LogP contribution in [0.3, 0.4) is 0 Å². The van der Waals surface area contributed by atoms with Gasteiger partial charge < -0.3 is 15.0 Å². The maximum absolute atomic E-state index is 12.1. The van der Waals surface area contributed by atoms with Gasteiger partial charge in [-0.3, -0.25) is 4.79 Å². The average Bonchev–Trinajstić information content (AvgIpc) is 3.47. The molecule has 1 saturated carbocycles. The Morgan fingerprint density at radius 1 is 1.14 bits per heavy atom. The fraction of sp³-hybridized carbons (Fsp3) is 0.238. The van der Waals surface area contributed by atoms with Crippen molar-refractivity contribution in [2.45, 2.75) is 19.8 Å². The summed E-state index contributed by atoms with van der Waals surface area (Å²) < 4.78 is 2.01. The summed E-state index contributed by atoms with van der Waals surface area (Å²) in [6, 6.07) is 5.95. The largest absolute Gasteiger partial charge is 0.373 e. The van der Waals surface area contributed by atoms with Gasteiger partial charge in [0.05, 0.1) is 5.69 Å². The molecule has 140 valence electrons. The Morgan fingerprint density at radius 3 is 2.79 bits per heavy atom. The molecule has 28 heavy (non-hydrogen) atoms. The van der Waals surface area contributed by atoms with E-state index in [1.54, 1.807) is 6.20 Å². The Morgan fingerprint density at radius 2 is 2.00 bits per heavy atom. The van der Waals surface area contributed by atoms with Gasteiger partial charge in [-0.2, -0.15) is 0 Å². The number of hydrogen-bond donors (Lipinski definition) is 2. The van der Waals surface area contributed by atoms with Gasteiger partial charge in [0.2, 0.25) is 5.91 Å². The van der Waals surface area contributed by atoms with Gasteiger partial charge in [-0.1, -0.05) is 6.07 Å². The molecule has 4 aromatic rings. The minimum atomic E-state index is 0.0412. The molecule has 0 atom stereocenters. The molecule has 0 aliphatic heterocycles. The van der Waals surface area contributed by atoms with Gasteiger partial charge in [0, 0.05) is 54.1 Å². The Hall–Kier alpha value is -3.48. The monoisotopic (exact) mass is 372 g/mol. The topological polar surface area (TPSA) is 84.2 Å². The van der Waals surface area contributed by atoms with E-state index in [2.05, 4.69) is 27.5 Å². The first-order valence-electron chi connectivity index (χ1n) is 9.35. The van der Waals surface area contributed by atoms with Crippen molar-refractivity contribution in [1.29, 1.82) is 0 Å². The fourth-order valence-electron chi connectivity index (χ4n) is 3.41. The SMILES string of the molecule is CNc1ncc(-c2cn3cc(C)ccc3n2)c2cc(NC(=O)C3CC3)ncc12. The molecule has 4 aromatic heterocycles. The van der Waals surface area contributed by atoms with Crippen molar-refractivity contribution in [2.75, 3.05) is 17.7 Å². The number of imidazole rings is 1. The lowest BCUT2D eigenvalue weighted by atomic mass is 10.1. The molecule has 4 heterocycles. The second-order valence-electron chi connectivity index (χ2n) is 7.25. The molecule has 1 aliphatic rings. The van der Waals surface area contributed by atoms with Crippen LogP contribution >= 0.6 is 0 Å². The normalized spacial score (nSPS) is 13.8. The van der Waals surface area contributed by atoms with Crippen molar-refractivity contribution in [3.8, 4) is 11.3 Å². The number of rotatable bonds is 4. The number of anilines is 2. The van der Waals surface area contributed by atoms with Crippen molar-refractivity contribution < 1.29 is 4.79 Å². The van der Waals surface area contributed by atoms with Gasteiger partial charge in [0.1, 0.15) is 17.3 Å². The highest BCUT2D eigenvalue weighted by Gasteiger charge is 2.29. The third kappa shape index (κ3) is 2.85. The van der Waals surface area contributed by atoms with Crippen LogP contribution in [0.25, 0.3) is 27.7 Å². The molecule has 1 aliphatic carbocycles. The van der Waals surface area contributed by atoms with Gasteiger partial charge in [0.15, 0.2) is 0 Å². The number of aromatic nitrogens is 4. The maximum Gasteiger partial charge on any atom is 0.228 e. The fourth-order valence-corrected chi connectivity index (χ4v) is 3.41. The zero-order valence-corrected chi connectivity index (χ0v) is 15.7. The summed E-state index contributed by atoms with van der Waals surface area (Å²) in [6.07, 6.45) is 9.53. The first-order valence-corrected chi connectivity index (χ1v) is 9.35. The van der Waals surface area contributed by atoms with E-state index in [-0.39, 0.29) is 11.8 Å². The van der Waals surface area contributed by atoms with Crippen molar-refractivity contribution in [3.05, 3.63) is 48.5 Å². The Bertz CT molecular complexity index is 1220. The molecule has 7 nitrogen and oxygen atoms in total. The number of fused-ring (bicyclic) bond motifs is 2. The highest BCUT2D eigenvalue weighted by molar-refractivity contribution is 6.03. The molecule has 0 bridgehead atoms. The first kappa shape index (κ1) is 16.7. The minimum Gasteiger partial charge on any atom is -0.373 e. The van der Waals surface area contributed by atoms with Crippen molar-refractivity contribution >= 4 is 34.0 Å². The van der Waals surface area contributed by atoms with E-state index in [0.717, 1.165) is 46.3 Å². The highest BCUT2D eigenvalue weighted by atomic mass is 16.2.